The highest BCUT2D eigenvalue weighted by atomic mass is 32.1. The van der Waals surface area contributed by atoms with Gasteiger partial charge in [-0.25, -0.2) is 4.79 Å². The van der Waals surface area contributed by atoms with E-state index >= 15 is 0 Å². The van der Waals surface area contributed by atoms with Gasteiger partial charge in [-0.3, -0.25) is 10.2 Å². The Labute approximate surface area is 145 Å². The summed E-state index contributed by atoms with van der Waals surface area (Å²) in [4.78, 5) is 14.3. The minimum atomic E-state index is -0.203. The van der Waals surface area contributed by atoms with Gasteiger partial charge in [0, 0.05) is 32.1 Å². The van der Waals surface area contributed by atoms with E-state index in [9.17, 15) is 4.79 Å². The van der Waals surface area contributed by atoms with E-state index in [1.807, 2.05) is 0 Å². The Hall–Kier alpha value is -1.99. The first-order chi connectivity index (χ1) is 11.8. The van der Waals surface area contributed by atoms with Crippen molar-refractivity contribution >= 4 is 22.5 Å². The average Bonchev–Trinajstić information content (AvgIpc) is 3.35. The molecular formula is C17H21N5OS. The Balaban J connectivity index is 1.20. The van der Waals surface area contributed by atoms with Gasteiger partial charge in [0.1, 0.15) is 5.01 Å². The minimum Gasteiger partial charge on any atom is -0.337 e. The van der Waals surface area contributed by atoms with E-state index in [0.717, 1.165) is 31.1 Å². The van der Waals surface area contributed by atoms with Gasteiger partial charge in [-0.05, 0) is 30.4 Å². The van der Waals surface area contributed by atoms with Crippen molar-refractivity contribution in [2.75, 3.05) is 25.0 Å². The largest absolute Gasteiger partial charge is 0.337 e. The molecule has 0 atom stereocenters. The van der Waals surface area contributed by atoms with Crippen LogP contribution in [0, 0.1) is 0 Å². The first-order valence-corrected chi connectivity index (χ1v) is 9.27. The molecule has 1 saturated carbocycles. The number of nitrogens with one attached hydrogen (secondary N) is 2. The van der Waals surface area contributed by atoms with Gasteiger partial charge < -0.3 is 5.32 Å². The van der Waals surface area contributed by atoms with Crippen LogP contribution in [0.15, 0.2) is 24.3 Å². The van der Waals surface area contributed by atoms with E-state index in [1.165, 1.54) is 35.3 Å². The maximum Gasteiger partial charge on any atom is 0.321 e. The van der Waals surface area contributed by atoms with Crippen molar-refractivity contribution in [1.82, 2.24) is 20.4 Å². The maximum atomic E-state index is 11.9. The molecule has 2 aromatic rings. The number of carbonyl (C=O) groups is 1. The summed E-state index contributed by atoms with van der Waals surface area (Å²) in [5, 5.41) is 15.5. The summed E-state index contributed by atoms with van der Waals surface area (Å²) < 4.78 is 0. The zero-order valence-electron chi connectivity index (χ0n) is 13.5. The second-order valence-electron chi connectivity index (χ2n) is 6.40. The predicted octanol–water partition coefficient (Wildman–Crippen LogP) is 2.60. The lowest BCUT2D eigenvalue weighted by molar-refractivity contribution is 0.239. The molecule has 1 aromatic heterocycles. The van der Waals surface area contributed by atoms with Crippen LogP contribution in [0.4, 0.5) is 9.93 Å². The van der Waals surface area contributed by atoms with E-state index in [4.69, 9.17) is 0 Å². The van der Waals surface area contributed by atoms with Gasteiger partial charge >= 0.3 is 6.03 Å². The number of rotatable bonds is 5. The second kappa shape index (κ2) is 6.86. The topological polar surface area (TPSA) is 70.2 Å². The zero-order valence-corrected chi connectivity index (χ0v) is 14.3. The molecule has 0 radical (unpaired) electrons. The summed E-state index contributed by atoms with van der Waals surface area (Å²) in [5.74, 6) is 0.572. The highest BCUT2D eigenvalue weighted by Gasteiger charge is 2.27. The fourth-order valence-electron chi connectivity index (χ4n) is 2.99. The molecule has 126 valence electrons. The van der Waals surface area contributed by atoms with Gasteiger partial charge in [-0.1, -0.05) is 35.6 Å². The van der Waals surface area contributed by atoms with Gasteiger partial charge in [0.25, 0.3) is 0 Å². The fourth-order valence-corrected chi connectivity index (χ4v) is 3.90. The SMILES string of the molecule is O=C(NCCN1CCc2ccccc2C1)Nc1nnc(C2CC2)s1. The van der Waals surface area contributed by atoms with Crippen molar-refractivity contribution in [3.05, 3.63) is 40.4 Å². The summed E-state index contributed by atoms with van der Waals surface area (Å²) in [6.07, 6.45) is 3.47. The van der Waals surface area contributed by atoms with Crippen LogP contribution in [0.2, 0.25) is 0 Å². The maximum absolute atomic E-state index is 11.9. The Morgan fingerprint density at radius 2 is 2.08 bits per heavy atom. The van der Waals surface area contributed by atoms with Crippen molar-refractivity contribution < 1.29 is 4.79 Å². The molecular weight excluding hydrogens is 322 g/mol. The van der Waals surface area contributed by atoms with Crippen molar-refractivity contribution in [2.45, 2.75) is 31.7 Å². The molecule has 1 aliphatic carbocycles. The number of amides is 2. The molecule has 0 saturated heterocycles. The van der Waals surface area contributed by atoms with E-state index in [2.05, 4.69) is 50.0 Å². The molecule has 2 N–H and O–H groups in total. The third-order valence-corrected chi connectivity index (χ3v) is 5.51. The smallest absolute Gasteiger partial charge is 0.321 e. The van der Waals surface area contributed by atoms with Crippen LogP contribution in [-0.2, 0) is 13.0 Å². The Morgan fingerprint density at radius 1 is 1.25 bits per heavy atom. The Kier molecular flexibility index (Phi) is 4.44. The van der Waals surface area contributed by atoms with Crippen molar-refractivity contribution in [2.24, 2.45) is 0 Å². The lowest BCUT2D eigenvalue weighted by Gasteiger charge is -2.28. The number of nitrogens with zero attached hydrogens (tertiary/aromatic N) is 3. The molecule has 1 aromatic carbocycles. The van der Waals surface area contributed by atoms with Crippen LogP contribution < -0.4 is 10.6 Å². The van der Waals surface area contributed by atoms with E-state index < -0.39 is 0 Å². The third-order valence-electron chi connectivity index (χ3n) is 4.51. The molecule has 0 bridgehead atoms. The Bertz CT molecular complexity index is 727. The monoisotopic (exact) mass is 343 g/mol. The van der Waals surface area contributed by atoms with E-state index in [0.29, 0.717) is 17.6 Å². The quantitative estimate of drug-likeness (QED) is 0.875. The first kappa shape index (κ1) is 15.5. The number of carbonyl (C=O) groups excluding carboxylic acids is 1. The zero-order chi connectivity index (χ0) is 16.4. The third kappa shape index (κ3) is 3.73. The van der Waals surface area contributed by atoms with Crippen LogP contribution in [0.1, 0.15) is 34.9 Å². The molecule has 2 amide bonds. The van der Waals surface area contributed by atoms with Crippen LogP contribution >= 0.6 is 11.3 Å². The minimum absolute atomic E-state index is 0.203. The lowest BCUT2D eigenvalue weighted by atomic mass is 10.00. The first-order valence-electron chi connectivity index (χ1n) is 8.45. The van der Waals surface area contributed by atoms with Crippen molar-refractivity contribution in [3.63, 3.8) is 0 Å². The average molecular weight is 343 g/mol. The normalized spacial score (nSPS) is 17.3. The van der Waals surface area contributed by atoms with Crippen molar-refractivity contribution in [1.29, 1.82) is 0 Å². The number of hydrogen-bond donors (Lipinski definition) is 2. The van der Waals surface area contributed by atoms with Crippen LogP contribution in [0.25, 0.3) is 0 Å². The Morgan fingerprint density at radius 3 is 2.92 bits per heavy atom. The standard InChI is InChI=1S/C17H21N5OS/c23-16(19-17-21-20-15(24-17)13-5-6-13)18-8-10-22-9-7-12-3-1-2-4-14(12)11-22/h1-4,13H,5-11H2,(H2,18,19,21,23). The summed E-state index contributed by atoms with van der Waals surface area (Å²) in [7, 11) is 0. The van der Waals surface area contributed by atoms with Crippen molar-refractivity contribution in [3.8, 4) is 0 Å². The van der Waals surface area contributed by atoms with Gasteiger partial charge in [-0.2, -0.15) is 0 Å². The number of fused-ring (bicyclic) bond motifs is 1. The van der Waals surface area contributed by atoms with Gasteiger partial charge in [-0.15, -0.1) is 10.2 Å². The van der Waals surface area contributed by atoms with Crippen LogP contribution in [0.3, 0.4) is 0 Å². The molecule has 2 aliphatic rings. The highest BCUT2D eigenvalue weighted by molar-refractivity contribution is 7.15. The fraction of sp³-hybridized carbons (Fsp3) is 0.471. The molecule has 24 heavy (non-hydrogen) atoms. The molecule has 0 unspecified atom stereocenters. The number of benzene rings is 1. The second-order valence-corrected chi connectivity index (χ2v) is 7.40. The number of urea groups is 1. The summed E-state index contributed by atoms with van der Waals surface area (Å²) in [6.45, 7) is 3.48. The summed E-state index contributed by atoms with van der Waals surface area (Å²) in [6, 6.07) is 8.38. The van der Waals surface area contributed by atoms with Gasteiger partial charge in [0.2, 0.25) is 5.13 Å². The molecule has 1 aliphatic heterocycles. The molecule has 6 nitrogen and oxygen atoms in total. The molecule has 4 rings (SSSR count). The lowest BCUT2D eigenvalue weighted by Crippen LogP contribution is -2.39. The number of hydrogen-bond acceptors (Lipinski definition) is 5. The molecule has 2 heterocycles. The predicted molar refractivity (Wildman–Crippen MR) is 94.3 cm³/mol. The summed E-state index contributed by atoms with van der Waals surface area (Å²) in [5.41, 5.74) is 2.84. The highest BCUT2D eigenvalue weighted by Crippen LogP contribution is 2.41. The molecule has 0 spiro atoms. The van der Waals surface area contributed by atoms with Gasteiger partial charge in [0.05, 0.1) is 0 Å². The van der Waals surface area contributed by atoms with Gasteiger partial charge in [0.15, 0.2) is 0 Å². The van der Waals surface area contributed by atoms with E-state index in [-0.39, 0.29) is 6.03 Å². The van der Waals surface area contributed by atoms with Crippen LogP contribution in [0.5, 0.6) is 0 Å². The van der Waals surface area contributed by atoms with Crippen LogP contribution in [-0.4, -0.2) is 40.8 Å². The summed E-state index contributed by atoms with van der Waals surface area (Å²) >= 11 is 1.48. The molecule has 7 heteroatoms. The number of aromatic nitrogens is 2. The van der Waals surface area contributed by atoms with E-state index in [1.54, 1.807) is 0 Å². The molecule has 1 fully saturated rings. The number of anilines is 1.